The summed E-state index contributed by atoms with van der Waals surface area (Å²) in [6.07, 6.45) is 0. The Morgan fingerprint density at radius 1 is 1.12 bits per heavy atom. The third-order valence-electron chi connectivity index (χ3n) is 2.98. The topological polar surface area (TPSA) is 41.9 Å². The summed E-state index contributed by atoms with van der Waals surface area (Å²) in [7, 11) is 2.01. The average molecular weight is 248 g/mol. The Balaban J connectivity index is 2.22. The quantitative estimate of drug-likeness (QED) is 0.837. The highest BCUT2D eigenvalue weighted by Crippen LogP contribution is 2.20. The van der Waals surface area contributed by atoms with Gasteiger partial charge < -0.3 is 4.90 Å². The van der Waals surface area contributed by atoms with E-state index in [0.29, 0.717) is 0 Å². The zero-order chi connectivity index (χ0) is 12.4. The molecule has 17 heavy (non-hydrogen) atoms. The number of anilines is 1. The highest BCUT2D eigenvalue weighted by Gasteiger charge is 2.09. The molecule has 0 aliphatic heterocycles. The number of aromatic nitrogens is 3. The number of benzene rings is 1. The molecule has 0 aliphatic rings. The second-order valence-electron chi connectivity index (χ2n) is 4.36. The summed E-state index contributed by atoms with van der Waals surface area (Å²) >= 11 is 1.32. The van der Waals surface area contributed by atoms with Crippen LogP contribution in [-0.4, -0.2) is 21.8 Å². The number of rotatable bonds is 3. The Bertz CT molecular complexity index is 507. The van der Waals surface area contributed by atoms with Crippen LogP contribution in [0.15, 0.2) is 12.1 Å². The van der Waals surface area contributed by atoms with Crippen LogP contribution in [0.4, 0.5) is 5.13 Å². The summed E-state index contributed by atoms with van der Waals surface area (Å²) in [4.78, 5) is 2.07. The maximum atomic E-state index is 3.97. The molecule has 0 N–H and O–H groups in total. The number of nitrogens with zero attached hydrogens (tertiary/aromatic N) is 4. The van der Waals surface area contributed by atoms with E-state index in [4.69, 9.17) is 0 Å². The van der Waals surface area contributed by atoms with Gasteiger partial charge in [0.2, 0.25) is 5.13 Å². The molecule has 5 heteroatoms. The molecule has 2 rings (SSSR count). The zero-order valence-corrected chi connectivity index (χ0v) is 11.4. The van der Waals surface area contributed by atoms with Gasteiger partial charge in [-0.1, -0.05) is 21.7 Å². The van der Waals surface area contributed by atoms with E-state index in [1.165, 1.54) is 33.8 Å². The Hall–Kier alpha value is -1.49. The smallest absolute Gasteiger partial charge is 0.227 e. The molecule has 0 unspecified atom stereocenters. The van der Waals surface area contributed by atoms with Crippen LogP contribution in [0.3, 0.4) is 0 Å². The number of hydrogen-bond acceptors (Lipinski definition) is 5. The van der Waals surface area contributed by atoms with E-state index >= 15 is 0 Å². The molecular formula is C12H16N4S. The molecule has 0 spiro atoms. The van der Waals surface area contributed by atoms with Gasteiger partial charge in [-0.15, -0.1) is 0 Å². The van der Waals surface area contributed by atoms with Gasteiger partial charge in [0.1, 0.15) is 0 Å². The monoisotopic (exact) mass is 248 g/mol. The fourth-order valence-electron chi connectivity index (χ4n) is 1.79. The number of hydrogen-bond donors (Lipinski definition) is 0. The van der Waals surface area contributed by atoms with Crippen molar-refractivity contribution in [1.29, 1.82) is 0 Å². The van der Waals surface area contributed by atoms with E-state index in [-0.39, 0.29) is 0 Å². The first-order chi connectivity index (χ1) is 8.08. The summed E-state index contributed by atoms with van der Waals surface area (Å²) in [5.41, 5.74) is 5.31. The standard InChI is InChI=1S/C12H16N4S/c1-8-5-10(3)11(6-9(8)2)7-16(4)12-13-14-15-17-12/h5-6H,7H2,1-4H3. The fourth-order valence-corrected chi connectivity index (χ4v) is 2.21. The lowest BCUT2D eigenvalue weighted by Gasteiger charge is -2.17. The first kappa shape index (κ1) is 12.0. The van der Waals surface area contributed by atoms with Gasteiger partial charge in [0.15, 0.2) is 0 Å². The van der Waals surface area contributed by atoms with Crippen molar-refractivity contribution in [2.24, 2.45) is 0 Å². The fraction of sp³-hybridized carbons (Fsp3) is 0.417. The molecule has 2 aromatic rings. The molecule has 0 radical (unpaired) electrons. The van der Waals surface area contributed by atoms with Gasteiger partial charge in [-0.05, 0) is 48.2 Å². The summed E-state index contributed by atoms with van der Waals surface area (Å²) in [5.74, 6) is 0. The van der Waals surface area contributed by atoms with Crippen molar-refractivity contribution >= 4 is 16.7 Å². The van der Waals surface area contributed by atoms with Crippen LogP contribution in [0, 0.1) is 20.8 Å². The van der Waals surface area contributed by atoms with Gasteiger partial charge in [0, 0.05) is 25.1 Å². The molecule has 0 atom stereocenters. The number of aryl methyl sites for hydroxylation is 3. The second-order valence-corrected chi connectivity index (χ2v) is 5.07. The Kier molecular flexibility index (Phi) is 3.38. The van der Waals surface area contributed by atoms with Crippen LogP contribution in [-0.2, 0) is 6.54 Å². The van der Waals surface area contributed by atoms with Crippen LogP contribution in [0.2, 0.25) is 0 Å². The van der Waals surface area contributed by atoms with Crippen LogP contribution in [0.5, 0.6) is 0 Å². The normalized spacial score (nSPS) is 10.6. The Morgan fingerprint density at radius 3 is 2.47 bits per heavy atom. The van der Waals surface area contributed by atoms with Gasteiger partial charge in [-0.25, -0.2) is 0 Å². The van der Waals surface area contributed by atoms with Crippen LogP contribution < -0.4 is 4.90 Å². The molecule has 1 heterocycles. The van der Waals surface area contributed by atoms with E-state index in [1.54, 1.807) is 0 Å². The maximum Gasteiger partial charge on any atom is 0.227 e. The summed E-state index contributed by atoms with van der Waals surface area (Å²) < 4.78 is 3.78. The van der Waals surface area contributed by atoms with Crippen molar-refractivity contribution in [1.82, 2.24) is 14.8 Å². The SMILES string of the molecule is Cc1cc(C)c(CN(C)c2nnns2)cc1C. The van der Waals surface area contributed by atoms with Gasteiger partial charge in [0.05, 0.1) is 0 Å². The van der Waals surface area contributed by atoms with Crippen molar-refractivity contribution in [3.8, 4) is 0 Å². The van der Waals surface area contributed by atoms with Crippen LogP contribution >= 0.6 is 11.5 Å². The van der Waals surface area contributed by atoms with Crippen molar-refractivity contribution in [3.63, 3.8) is 0 Å². The maximum absolute atomic E-state index is 3.97. The first-order valence-electron chi connectivity index (χ1n) is 5.51. The highest BCUT2D eigenvalue weighted by atomic mass is 32.1. The minimum absolute atomic E-state index is 0.837. The summed E-state index contributed by atoms with van der Waals surface area (Å²) in [5, 5.41) is 8.43. The molecule has 1 aromatic heterocycles. The van der Waals surface area contributed by atoms with Crippen molar-refractivity contribution in [3.05, 3.63) is 34.4 Å². The van der Waals surface area contributed by atoms with Crippen molar-refractivity contribution in [2.75, 3.05) is 11.9 Å². The van der Waals surface area contributed by atoms with Gasteiger partial charge >= 0.3 is 0 Å². The van der Waals surface area contributed by atoms with Gasteiger partial charge in [0.25, 0.3) is 0 Å². The summed E-state index contributed by atoms with van der Waals surface area (Å²) in [6.45, 7) is 7.27. The molecule has 90 valence electrons. The lowest BCUT2D eigenvalue weighted by atomic mass is 10.0. The largest absolute Gasteiger partial charge is 0.344 e. The minimum Gasteiger partial charge on any atom is -0.344 e. The molecule has 0 saturated heterocycles. The molecule has 0 saturated carbocycles. The Labute approximate surface area is 105 Å². The van der Waals surface area contributed by atoms with E-state index in [0.717, 1.165) is 11.7 Å². The average Bonchev–Trinajstić information content (AvgIpc) is 2.79. The van der Waals surface area contributed by atoms with Crippen LogP contribution in [0.1, 0.15) is 22.3 Å². The lowest BCUT2D eigenvalue weighted by molar-refractivity contribution is 0.868. The van der Waals surface area contributed by atoms with Crippen molar-refractivity contribution in [2.45, 2.75) is 27.3 Å². The predicted molar refractivity (Wildman–Crippen MR) is 70.5 cm³/mol. The molecule has 4 nitrogen and oxygen atoms in total. The zero-order valence-electron chi connectivity index (χ0n) is 10.6. The van der Waals surface area contributed by atoms with Crippen molar-refractivity contribution < 1.29 is 0 Å². The molecule has 0 aliphatic carbocycles. The highest BCUT2D eigenvalue weighted by molar-refractivity contribution is 7.09. The molecule has 0 amide bonds. The van der Waals surface area contributed by atoms with Crippen LogP contribution in [0.25, 0.3) is 0 Å². The third kappa shape index (κ3) is 2.61. The van der Waals surface area contributed by atoms with E-state index in [1.807, 2.05) is 7.05 Å². The van der Waals surface area contributed by atoms with E-state index < -0.39 is 0 Å². The lowest BCUT2D eigenvalue weighted by Crippen LogP contribution is -2.17. The second kappa shape index (κ2) is 4.79. The van der Waals surface area contributed by atoms with Gasteiger partial charge in [-0.2, -0.15) is 0 Å². The van der Waals surface area contributed by atoms with Gasteiger partial charge in [-0.3, -0.25) is 0 Å². The van der Waals surface area contributed by atoms with E-state index in [9.17, 15) is 0 Å². The van der Waals surface area contributed by atoms with E-state index in [2.05, 4.69) is 52.6 Å². The minimum atomic E-state index is 0.837. The molecular weight excluding hydrogens is 232 g/mol. The first-order valence-corrected chi connectivity index (χ1v) is 6.28. The molecule has 0 fully saturated rings. The molecule has 1 aromatic carbocycles. The Morgan fingerprint density at radius 2 is 1.82 bits per heavy atom. The predicted octanol–water partition coefficient (Wildman–Crippen LogP) is 2.49. The molecule has 0 bridgehead atoms. The third-order valence-corrected chi connectivity index (χ3v) is 3.69. The summed E-state index contributed by atoms with van der Waals surface area (Å²) in [6, 6.07) is 4.48.